The van der Waals surface area contributed by atoms with E-state index in [1.54, 1.807) is 13.8 Å². The Balaban J connectivity index is 4.03. The van der Waals surface area contributed by atoms with Crippen molar-refractivity contribution < 1.29 is 13.5 Å². The first-order valence-electron chi connectivity index (χ1n) is 3.93. The molecule has 6 heteroatoms. The summed E-state index contributed by atoms with van der Waals surface area (Å²) in [7, 11) is -3.42. The largest absolute Gasteiger partial charge is 0.395 e. The van der Waals surface area contributed by atoms with Gasteiger partial charge in [-0.2, -0.15) is 13.1 Å². The monoisotopic (exact) mass is 196 g/mol. The minimum Gasteiger partial charge on any atom is -0.395 e. The summed E-state index contributed by atoms with van der Waals surface area (Å²) >= 11 is 0. The lowest BCUT2D eigenvalue weighted by Gasteiger charge is -2.13. The third-order valence-corrected chi connectivity index (χ3v) is 2.68. The average Bonchev–Trinajstić information content (AvgIpc) is 2.00. The Kier molecular flexibility index (Phi) is 5.39. The van der Waals surface area contributed by atoms with E-state index in [-0.39, 0.29) is 6.61 Å². The van der Waals surface area contributed by atoms with Crippen molar-refractivity contribution in [3.63, 3.8) is 0 Å². The van der Waals surface area contributed by atoms with Crippen molar-refractivity contribution in [2.75, 3.05) is 13.2 Å². The van der Waals surface area contributed by atoms with Crippen LogP contribution in [0.3, 0.4) is 0 Å². The van der Waals surface area contributed by atoms with Crippen LogP contribution in [0.1, 0.15) is 20.3 Å². The third-order valence-electron chi connectivity index (χ3n) is 1.37. The zero-order valence-electron chi connectivity index (χ0n) is 7.37. The predicted octanol–water partition coefficient (Wildman–Crippen LogP) is -0.799. The zero-order chi connectivity index (χ0) is 9.61. The fraction of sp³-hybridized carbons (Fsp3) is 1.00. The van der Waals surface area contributed by atoms with Gasteiger partial charge in [0.2, 0.25) is 0 Å². The first kappa shape index (κ1) is 11.8. The van der Waals surface area contributed by atoms with Crippen LogP contribution in [0.15, 0.2) is 0 Å². The molecule has 3 N–H and O–H groups in total. The lowest BCUT2D eigenvalue weighted by Crippen LogP contribution is -2.43. The Morgan fingerprint density at radius 3 is 2.33 bits per heavy atom. The van der Waals surface area contributed by atoms with E-state index in [9.17, 15) is 8.42 Å². The molecule has 0 radical (unpaired) electrons. The number of hydrogen-bond donors (Lipinski definition) is 3. The molecule has 0 amide bonds. The molecule has 0 aromatic rings. The van der Waals surface area contributed by atoms with Crippen LogP contribution in [-0.2, 0) is 10.2 Å². The molecule has 0 aliphatic carbocycles. The zero-order valence-corrected chi connectivity index (χ0v) is 8.19. The van der Waals surface area contributed by atoms with Gasteiger partial charge in [-0.15, -0.1) is 0 Å². The molecule has 0 aliphatic rings. The smallest absolute Gasteiger partial charge is 0.277 e. The maximum absolute atomic E-state index is 11.0. The van der Waals surface area contributed by atoms with Gasteiger partial charge in [0.15, 0.2) is 0 Å². The minimum absolute atomic E-state index is 0.179. The highest BCUT2D eigenvalue weighted by Crippen LogP contribution is 1.90. The highest BCUT2D eigenvalue weighted by Gasteiger charge is 2.13. The lowest BCUT2D eigenvalue weighted by molar-refractivity contribution is 0.253. The Bertz CT molecular complexity index is 199. The molecular weight excluding hydrogens is 180 g/mol. The molecule has 0 fully saturated rings. The van der Waals surface area contributed by atoms with Gasteiger partial charge in [0.1, 0.15) is 0 Å². The highest BCUT2D eigenvalue weighted by atomic mass is 32.2. The van der Waals surface area contributed by atoms with E-state index in [4.69, 9.17) is 5.11 Å². The number of nitrogens with one attached hydrogen (secondary N) is 2. The van der Waals surface area contributed by atoms with Crippen molar-refractivity contribution in [2.45, 2.75) is 26.3 Å². The molecule has 12 heavy (non-hydrogen) atoms. The first-order valence-corrected chi connectivity index (χ1v) is 5.41. The minimum atomic E-state index is -3.42. The SMILES string of the molecule is CCNS(=O)(=O)N[C@@H](CC)CO. The molecule has 0 aromatic heterocycles. The number of hydrogen-bond acceptors (Lipinski definition) is 3. The molecule has 0 saturated heterocycles. The van der Waals surface area contributed by atoms with Gasteiger partial charge in [0, 0.05) is 12.6 Å². The van der Waals surface area contributed by atoms with E-state index < -0.39 is 16.3 Å². The molecule has 0 saturated carbocycles. The second kappa shape index (κ2) is 5.47. The van der Waals surface area contributed by atoms with Gasteiger partial charge in [-0.05, 0) is 6.42 Å². The summed E-state index contributed by atoms with van der Waals surface area (Å²) in [5.41, 5.74) is 0. The molecule has 0 unspecified atom stereocenters. The molecule has 1 atom stereocenters. The van der Waals surface area contributed by atoms with Crippen LogP contribution >= 0.6 is 0 Å². The lowest BCUT2D eigenvalue weighted by atomic mass is 10.3. The number of aliphatic hydroxyl groups excluding tert-OH is 1. The predicted molar refractivity (Wildman–Crippen MR) is 46.9 cm³/mol. The summed E-state index contributed by atoms with van der Waals surface area (Å²) in [6, 6.07) is -0.394. The summed E-state index contributed by atoms with van der Waals surface area (Å²) < 4.78 is 26.6. The number of aliphatic hydroxyl groups is 1. The van der Waals surface area contributed by atoms with E-state index in [0.29, 0.717) is 13.0 Å². The topological polar surface area (TPSA) is 78.4 Å². The molecule has 0 aliphatic heterocycles. The van der Waals surface area contributed by atoms with Gasteiger partial charge in [-0.25, -0.2) is 4.72 Å². The quantitative estimate of drug-likeness (QED) is 0.520. The van der Waals surface area contributed by atoms with E-state index >= 15 is 0 Å². The summed E-state index contributed by atoms with van der Waals surface area (Å²) in [6.45, 7) is 3.66. The molecule has 0 bridgehead atoms. The van der Waals surface area contributed by atoms with Crippen LogP contribution in [0.5, 0.6) is 0 Å². The molecule has 5 nitrogen and oxygen atoms in total. The maximum atomic E-state index is 11.0. The second-order valence-corrected chi connectivity index (χ2v) is 3.94. The van der Waals surface area contributed by atoms with E-state index in [1.807, 2.05) is 0 Å². The van der Waals surface area contributed by atoms with Crippen molar-refractivity contribution in [3.05, 3.63) is 0 Å². The molecular formula is C6H16N2O3S. The van der Waals surface area contributed by atoms with Gasteiger partial charge < -0.3 is 5.11 Å². The molecule has 0 heterocycles. The normalized spacial score (nSPS) is 14.6. The molecule has 74 valence electrons. The third kappa shape index (κ3) is 4.66. The maximum Gasteiger partial charge on any atom is 0.277 e. The van der Waals surface area contributed by atoms with Crippen LogP contribution in [0.2, 0.25) is 0 Å². The van der Waals surface area contributed by atoms with Crippen LogP contribution in [0, 0.1) is 0 Å². The van der Waals surface area contributed by atoms with Gasteiger partial charge >= 0.3 is 0 Å². The standard InChI is InChI=1S/C6H16N2O3S/c1-3-6(5-9)8-12(10,11)7-4-2/h6-9H,3-5H2,1-2H3/t6-/m0/s1. The number of rotatable bonds is 6. The van der Waals surface area contributed by atoms with Crippen molar-refractivity contribution in [1.29, 1.82) is 0 Å². The van der Waals surface area contributed by atoms with Crippen LogP contribution in [-0.4, -0.2) is 32.7 Å². The average molecular weight is 196 g/mol. The Morgan fingerprint density at radius 2 is 2.00 bits per heavy atom. The van der Waals surface area contributed by atoms with Gasteiger partial charge in [0.25, 0.3) is 10.2 Å². The highest BCUT2D eigenvalue weighted by molar-refractivity contribution is 7.87. The van der Waals surface area contributed by atoms with Crippen molar-refractivity contribution >= 4 is 10.2 Å². The van der Waals surface area contributed by atoms with Crippen LogP contribution in [0.4, 0.5) is 0 Å². The summed E-state index contributed by atoms with van der Waals surface area (Å²) in [4.78, 5) is 0. The molecule has 0 spiro atoms. The van der Waals surface area contributed by atoms with Gasteiger partial charge in [0.05, 0.1) is 6.61 Å². The fourth-order valence-electron chi connectivity index (χ4n) is 0.701. The van der Waals surface area contributed by atoms with Gasteiger partial charge in [-0.3, -0.25) is 0 Å². The summed E-state index contributed by atoms with van der Waals surface area (Å²) in [6.07, 6.45) is 0.571. The van der Waals surface area contributed by atoms with Crippen LogP contribution in [0.25, 0.3) is 0 Å². The van der Waals surface area contributed by atoms with Gasteiger partial charge in [-0.1, -0.05) is 13.8 Å². The van der Waals surface area contributed by atoms with Crippen molar-refractivity contribution in [3.8, 4) is 0 Å². The summed E-state index contributed by atoms with van der Waals surface area (Å²) in [5.74, 6) is 0. The molecule has 0 aromatic carbocycles. The van der Waals surface area contributed by atoms with E-state index in [1.165, 1.54) is 0 Å². The Morgan fingerprint density at radius 1 is 1.42 bits per heavy atom. The Hall–Kier alpha value is -0.170. The second-order valence-electron chi connectivity index (χ2n) is 2.41. The van der Waals surface area contributed by atoms with Crippen molar-refractivity contribution in [1.82, 2.24) is 9.44 Å². The van der Waals surface area contributed by atoms with Crippen LogP contribution < -0.4 is 9.44 Å². The Labute approximate surface area is 73.4 Å². The summed E-state index contributed by atoms with van der Waals surface area (Å²) in [5, 5.41) is 8.70. The van der Waals surface area contributed by atoms with E-state index in [0.717, 1.165) is 0 Å². The van der Waals surface area contributed by atoms with Crippen molar-refractivity contribution in [2.24, 2.45) is 0 Å². The fourth-order valence-corrected chi connectivity index (χ4v) is 1.84. The van der Waals surface area contributed by atoms with E-state index in [2.05, 4.69) is 9.44 Å². The first-order chi connectivity index (χ1) is 5.55. The molecule has 0 rings (SSSR count).